The Morgan fingerprint density at radius 3 is 2.62 bits per heavy atom. The van der Waals surface area contributed by atoms with Crippen LogP contribution in [0.4, 0.5) is 11.6 Å². The second kappa shape index (κ2) is 7.26. The predicted molar refractivity (Wildman–Crippen MR) is 88.3 cm³/mol. The molecule has 0 amide bonds. The van der Waals surface area contributed by atoms with E-state index in [2.05, 4.69) is 52.0 Å². The SMILES string of the molecule is CCNc1ncnc(NC(c2cccs2)C(C)C)c1OC. The second-order valence-corrected chi connectivity index (χ2v) is 6.00. The number of methoxy groups -OCH3 is 1. The summed E-state index contributed by atoms with van der Waals surface area (Å²) in [6.07, 6.45) is 1.55. The van der Waals surface area contributed by atoms with Gasteiger partial charge in [-0.05, 0) is 24.3 Å². The summed E-state index contributed by atoms with van der Waals surface area (Å²) >= 11 is 1.74. The van der Waals surface area contributed by atoms with Crippen LogP contribution in [-0.4, -0.2) is 23.6 Å². The minimum Gasteiger partial charge on any atom is -0.490 e. The van der Waals surface area contributed by atoms with Crippen molar-refractivity contribution in [1.82, 2.24) is 9.97 Å². The van der Waals surface area contributed by atoms with Gasteiger partial charge in [-0.25, -0.2) is 9.97 Å². The van der Waals surface area contributed by atoms with Gasteiger partial charge in [-0.2, -0.15) is 0 Å². The first-order chi connectivity index (χ1) is 10.2. The van der Waals surface area contributed by atoms with E-state index in [1.54, 1.807) is 24.8 Å². The van der Waals surface area contributed by atoms with Crippen molar-refractivity contribution >= 4 is 23.0 Å². The number of hydrogen-bond donors (Lipinski definition) is 2. The fourth-order valence-corrected chi connectivity index (χ4v) is 3.09. The zero-order valence-corrected chi connectivity index (χ0v) is 13.7. The smallest absolute Gasteiger partial charge is 0.204 e. The molecule has 21 heavy (non-hydrogen) atoms. The van der Waals surface area contributed by atoms with Crippen LogP contribution in [0.2, 0.25) is 0 Å². The largest absolute Gasteiger partial charge is 0.490 e. The molecule has 2 aromatic heterocycles. The lowest BCUT2D eigenvalue weighted by atomic mass is 10.0. The number of thiophene rings is 1. The van der Waals surface area contributed by atoms with E-state index in [-0.39, 0.29) is 6.04 Å². The molecule has 1 unspecified atom stereocenters. The van der Waals surface area contributed by atoms with Crippen LogP contribution in [0.25, 0.3) is 0 Å². The maximum atomic E-state index is 5.48. The lowest BCUT2D eigenvalue weighted by Gasteiger charge is -2.23. The zero-order valence-electron chi connectivity index (χ0n) is 12.9. The number of aromatic nitrogens is 2. The van der Waals surface area contributed by atoms with Gasteiger partial charge in [-0.1, -0.05) is 19.9 Å². The summed E-state index contributed by atoms with van der Waals surface area (Å²) in [7, 11) is 1.64. The summed E-state index contributed by atoms with van der Waals surface area (Å²) < 4.78 is 5.48. The molecular formula is C15H22N4OS. The van der Waals surface area contributed by atoms with E-state index in [0.29, 0.717) is 17.5 Å². The number of rotatable bonds is 7. The van der Waals surface area contributed by atoms with Gasteiger partial charge in [0.15, 0.2) is 11.6 Å². The summed E-state index contributed by atoms with van der Waals surface area (Å²) in [6.45, 7) is 7.19. The highest BCUT2D eigenvalue weighted by Crippen LogP contribution is 2.35. The molecule has 2 heterocycles. The molecule has 6 heteroatoms. The Hall–Kier alpha value is -1.82. The van der Waals surface area contributed by atoms with Crippen molar-refractivity contribution in [3.63, 3.8) is 0 Å². The van der Waals surface area contributed by atoms with Crippen molar-refractivity contribution in [2.24, 2.45) is 5.92 Å². The standard InChI is InChI=1S/C15H22N4OS/c1-5-16-14-13(20-4)15(18-9-17-14)19-12(10(2)3)11-7-6-8-21-11/h6-10,12H,5H2,1-4H3,(H2,16,17,18,19). The maximum absolute atomic E-state index is 5.48. The summed E-state index contributed by atoms with van der Waals surface area (Å²) in [5.41, 5.74) is 0. The number of anilines is 2. The van der Waals surface area contributed by atoms with Crippen LogP contribution in [0.1, 0.15) is 31.7 Å². The van der Waals surface area contributed by atoms with Crippen LogP contribution < -0.4 is 15.4 Å². The van der Waals surface area contributed by atoms with Gasteiger partial charge in [-0.15, -0.1) is 11.3 Å². The van der Waals surface area contributed by atoms with Gasteiger partial charge in [0.25, 0.3) is 0 Å². The molecule has 0 aliphatic heterocycles. The Bertz CT molecular complexity index is 557. The molecule has 0 aliphatic rings. The molecule has 0 aliphatic carbocycles. The fourth-order valence-electron chi connectivity index (χ4n) is 2.15. The Morgan fingerprint density at radius 2 is 2.05 bits per heavy atom. The van der Waals surface area contributed by atoms with Crippen molar-refractivity contribution in [2.75, 3.05) is 24.3 Å². The van der Waals surface area contributed by atoms with E-state index in [4.69, 9.17) is 4.74 Å². The molecule has 0 spiro atoms. The number of nitrogens with zero attached hydrogens (tertiary/aromatic N) is 2. The predicted octanol–water partition coefficient (Wildman–Crippen LogP) is 3.79. The third-order valence-corrected chi connectivity index (χ3v) is 4.12. The number of ether oxygens (including phenoxy) is 1. The normalized spacial score (nSPS) is 12.2. The third-order valence-electron chi connectivity index (χ3n) is 3.16. The van der Waals surface area contributed by atoms with Gasteiger partial charge >= 0.3 is 0 Å². The monoisotopic (exact) mass is 306 g/mol. The summed E-state index contributed by atoms with van der Waals surface area (Å²) in [5, 5.41) is 8.78. The van der Waals surface area contributed by atoms with Crippen LogP contribution in [-0.2, 0) is 0 Å². The Labute approximate surface area is 129 Å². The summed E-state index contributed by atoms with van der Waals surface area (Å²) in [5.74, 6) is 2.52. The third kappa shape index (κ3) is 3.64. The first-order valence-corrected chi connectivity index (χ1v) is 7.98. The molecule has 0 aromatic carbocycles. The summed E-state index contributed by atoms with van der Waals surface area (Å²) in [6, 6.07) is 4.41. The van der Waals surface area contributed by atoms with Crippen LogP contribution in [0.3, 0.4) is 0 Å². The van der Waals surface area contributed by atoms with Gasteiger partial charge < -0.3 is 15.4 Å². The summed E-state index contributed by atoms with van der Waals surface area (Å²) in [4.78, 5) is 9.86. The molecule has 0 fully saturated rings. The minimum atomic E-state index is 0.197. The van der Waals surface area contributed by atoms with E-state index in [0.717, 1.165) is 12.4 Å². The van der Waals surface area contributed by atoms with Crippen molar-refractivity contribution < 1.29 is 4.74 Å². The number of hydrogen-bond acceptors (Lipinski definition) is 6. The van der Waals surface area contributed by atoms with Gasteiger partial charge in [0.1, 0.15) is 6.33 Å². The Morgan fingerprint density at radius 1 is 1.29 bits per heavy atom. The van der Waals surface area contributed by atoms with Crippen molar-refractivity contribution in [1.29, 1.82) is 0 Å². The van der Waals surface area contributed by atoms with Gasteiger partial charge in [0.2, 0.25) is 5.75 Å². The van der Waals surface area contributed by atoms with E-state index in [1.165, 1.54) is 4.88 Å². The maximum Gasteiger partial charge on any atom is 0.204 e. The lowest BCUT2D eigenvalue weighted by Crippen LogP contribution is -2.17. The molecule has 114 valence electrons. The molecule has 0 radical (unpaired) electrons. The molecule has 2 rings (SSSR count). The van der Waals surface area contributed by atoms with Crippen LogP contribution >= 0.6 is 11.3 Å². The molecule has 2 N–H and O–H groups in total. The molecule has 0 saturated heterocycles. The Balaban J connectivity index is 2.30. The fraction of sp³-hybridized carbons (Fsp3) is 0.467. The lowest BCUT2D eigenvalue weighted by molar-refractivity contribution is 0.413. The molecule has 0 bridgehead atoms. The zero-order chi connectivity index (χ0) is 15.2. The first kappa shape index (κ1) is 15.6. The minimum absolute atomic E-state index is 0.197. The average Bonchev–Trinajstić information content (AvgIpc) is 2.98. The van der Waals surface area contributed by atoms with Crippen LogP contribution in [0.15, 0.2) is 23.8 Å². The van der Waals surface area contributed by atoms with E-state index >= 15 is 0 Å². The average molecular weight is 306 g/mol. The molecule has 2 aromatic rings. The van der Waals surface area contributed by atoms with Crippen molar-refractivity contribution in [2.45, 2.75) is 26.8 Å². The Kier molecular flexibility index (Phi) is 5.38. The number of nitrogens with one attached hydrogen (secondary N) is 2. The van der Waals surface area contributed by atoms with Crippen LogP contribution in [0.5, 0.6) is 5.75 Å². The molecule has 0 saturated carbocycles. The van der Waals surface area contributed by atoms with E-state index in [1.807, 2.05) is 6.92 Å². The second-order valence-electron chi connectivity index (χ2n) is 5.02. The molecule has 5 nitrogen and oxygen atoms in total. The quantitative estimate of drug-likeness (QED) is 0.815. The van der Waals surface area contributed by atoms with Gasteiger partial charge in [0.05, 0.1) is 13.2 Å². The van der Waals surface area contributed by atoms with Crippen molar-refractivity contribution in [3.05, 3.63) is 28.7 Å². The van der Waals surface area contributed by atoms with E-state index in [9.17, 15) is 0 Å². The topological polar surface area (TPSA) is 59.1 Å². The first-order valence-electron chi connectivity index (χ1n) is 7.10. The van der Waals surface area contributed by atoms with Crippen LogP contribution in [0, 0.1) is 5.92 Å². The molecular weight excluding hydrogens is 284 g/mol. The van der Waals surface area contributed by atoms with E-state index < -0.39 is 0 Å². The highest BCUT2D eigenvalue weighted by atomic mass is 32.1. The highest BCUT2D eigenvalue weighted by molar-refractivity contribution is 7.10. The van der Waals surface area contributed by atoms with Gasteiger partial charge in [0, 0.05) is 11.4 Å². The van der Waals surface area contributed by atoms with Crippen molar-refractivity contribution in [3.8, 4) is 5.75 Å². The molecule has 1 atom stereocenters. The van der Waals surface area contributed by atoms with Gasteiger partial charge in [-0.3, -0.25) is 0 Å². The highest BCUT2D eigenvalue weighted by Gasteiger charge is 2.20.